The van der Waals surface area contributed by atoms with Gasteiger partial charge in [-0.25, -0.2) is 0 Å². The third-order valence-corrected chi connectivity index (χ3v) is 3.83. The summed E-state index contributed by atoms with van der Waals surface area (Å²) in [5.74, 6) is -0.0802. The SMILES string of the molecule is CNc1cc(-c2ccc(NC(C)=O)cc2)ccc1N=Nc1ccccc1. The van der Waals surface area contributed by atoms with Crippen LogP contribution in [0.3, 0.4) is 0 Å². The highest BCUT2D eigenvalue weighted by Crippen LogP contribution is 2.32. The van der Waals surface area contributed by atoms with E-state index >= 15 is 0 Å². The Labute approximate surface area is 152 Å². The maximum atomic E-state index is 11.1. The Bertz CT molecular complexity index is 919. The van der Waals surface area contributed by atoms with E-state index in [1.165, 1.54) is 6.92 Å². The predicted octanol–water partition coefficient (Wildman–Crippen LogP) is 5.77. The summed E-state index contributed by atoms with van der Waals surface area (Å²) in [6, 6.07) is 23.3. The molecule has 5 heteroatoms. The minimum absolute atomic E-state index is 0.0802. The van der Waals surface area contributed by atoms with Crippen LogP contribution in [-0.2, 0) is 4.79 Å². The van der Waals surface area contributed by atoms with Gasteiger partial charge in [0, 0.05) is 19.7 Å². The Morgan fingerprint density at radius 1 is 0.846 bits per heavy atom. The molecule has 3 rings (SSSR count). The standard InChI is InChI=1S/C21H20N4O/c1-15(26)23-18-11-8-16(9-12-18)17-10-13-20(21(14-17)22-2)25-24-19-6-4-3-5-7-19/h3-14,22H,1-2H3,(H,23,26). The van der Waals surface area contributed by atoms with Gasteiger partial charge in [0.05, 0.1) is 11.4 Å². The van der Waals surface area contributed by atoms with Crippen LogP contribution in [0.1, 0.15) is 6.92 Å². The van der Waals surface area contributed by atoms with Crippen LogP contribution in [-0.4, -0.2) is 13.0 Å². The van der Waals surface area contributed by atoms with Crippen LogP contribution in [0.5, 0.6) is 0 Å². The summed E-state index contributed by atoms with van der Waals surface area (Å²) in [6.45, 7) is 1.50. The molecule has 0 aromatic heterocycles. The zero-order valence-corrected chi connectivity index (χ0v) is 14.7. The molecule has 0 aliphatic heterocycles. The minimum Gasteiger partial charge on any atom is -0.386 e. The first kappa shape index (κ1) is 17.4. The molecule has 0 saturated carbocycles. The monoisotopic (exact) mass is 344 g/mol. The molecule has 0 bridgehead atoms. The van der Waals surface area contributed by atoms with Gasteiger partial charge in [-0.15, -0.1) is 5.11 Å². The zero-order chi connectivity index (χ0) is 18.4. The number of amides is 1. The van der Waals surface area contributed by atoms with E-state index in [4.69, 9.17) is 0 Å². The molecule has 3 aromatic rings. The van der Waals surface area contributed by atoms with Gasteiger partial charge in [-0.2, -0.15) is 5.11 Å². The molecular weight excluding hydrogens is 324 g/mol. The van der Waals surface area contributed by atoms with E-state index in [-0.39, 0.29) is 5.91 Å². The Morgan fingerprint density at radius 2 is 1.54 bits per heavy atom. The fraction of sp³-hybridized carbons (Fsp3) is 0.0952. The summed E-state index contributed by atoms with van der Waals surface area (Å²) in [5, 5.41) is 14.6. The molecule has 130 valence electrons. The van der Waals surface area contributed by atoms with E-state index in [1.807, 2.05) is 79.8 Å². The van der Waals surface area contributed by atoms with Gasteiger partial charge < -0.3 is 10.6 Å². The average molecular weight is 344 g/mol. The largest absolute Gasteiger partial charge is 0.386 e. The van der Waals surface area contributed by atoms with Crippen LogP contribution in [0.15, 0.2) is 83.0 Å². The van der Waals surface area contributed by atoms with E-state index in [9.17, 15) is 4.79 Å². The summed E-state index contributed by atoms with van der Waals surface area (Å²) in [6.07, 6.45) is 0. The van der Waals surface area contributed by atoms with Gasteiger partial charge in [-0.3, -0.25) is 4.79 Å². The number of benzene rings is 3. The number of hydrogen-bond acceptors (Lipinski definition) is 4. The normalized spacial score (nSPS) is 10.7. The average Bonchev–Trinajstić information content (AvgIpc) is 2.67. The number of rotatable bonds is 5. The van der Waals surface area contributed by atoms with Crippen molar-refractivity contribution in [3.05, 3.63) is 72.8 Å². The molecule has 0 atom stereocenters. The van der Waals surface area contributed by atoms with Crippen molar-refractivity contribution in [3.8, 4) is 11.1 Å². The first-order valence-corrected chi connectivity index (χ1v) is 8.32. The van der Waals surface area contributed by atoms with Crippen molar-refractivity contribution in [3.63, 3.8) is 0 Å². The lowest BCUT2D eigenvalue weighted by Gasteiger charge is -2.09. The second kappa shape index (κ2) is 8.07. The number of carbonyl (C=O) groups is 1. The maximum absolute atomic E-state index is 11.1. The third kappa shape index (κ3) is 4.33. The van der Waals surface area contributed by atoms with E-state index in [1.54, 1.807) is 0 Å². The van der Waals surface area contributed by atoms with Gasteiger partial charge in [0.1, 0.15) is 5.69 Å². The molecular formula is C21H20N4O. The molecule has 5 nitrogen and oxygen atoms in total. The number of anilines is 2. The first-order chi connectivity index (χ1) is 12.7. The molecule has 0 unspecified atom stereocenters. The van der Waals surface area contributed by atoms with E-state index in [0.29, 0.717) is 0 Å². The molecule has 26 heavy (non-hydrogen) atoms. The molecule has 1 amide bonds. The van der Waals surface area contributed by atoms with Gasteiger partial charge in [0.2, 0.25) is 5.91 Å². The lowest BCUT2D eigenvalue weighted by Crippen LogP contribution is -2.05. The highest BCUT2D eigenvalue weighted by Gasteiger charge is 2.05. The number of nitrogens with one attached hydrogen (secondary N) is 2. The molecule has 3 aromatic carbocycles. The fourth-order valence-corrected chi connectivity index (χ4v) is 2.56. The molecule has 0 saturated heterocycles. The Balaban J connectivity index is 1.84. The number of azo groups is 1. The first-order valence-electron chi connectivity index (χ1n) is 8.32. The van der Waals surface area contributed by atoms with Crippen LogP contribution in [0.2, 0.25) is 0 Å². The molecule has 0 fully saturated rings. The van der Waals surface area contributed by atoms with Crippen molar-refractivity contribution in [1.82, 2.24) is 0 Å². The second-order valence-electron chi connectivity index (χ2n) is 5.78. The Kier molecular flexibility index (Phi) is 5.39. The Hall–Kier alpha value is -3.47. The van der Waals surface area contributed by atoms with Crippen LogP contribution >= 0.6 is 0 Å². The van der Waals surface area contributed by atoms with Crippen molar-refractivity contribution in [2.75, 3.05) is 17.7 Å². The molecule has 0 aliphatic carbocycles. The van der Waals surface area contributed by atoms with Crippen molar-refractivity contribution in [1.29, 1.82) is 0 Å². The van der Waals surface area contributed by atoms with Crippen molar-refractivity contribution in [2.24, 2.45) is 10.2 Å². The summed E-state index contributed by atoms with van der Waals surface area (Å²) >= 11 is 0. The molecule has 2 N–H and O–H groups in total. The number of hydrogen-bond donors (Lipinski definition) is 2. The smallest absolute Gasteiger partial charge is 0.221 e. The van der Waals surface area contributed by atoms with Crippen molar-refractivity contribution >= 4 is 28.7 Å². The van der Waals surface area contributed by atoms with Crippen LogP contribution < -0.4 is 10.6 Å². The third-order valence-electron chi connectivity index (χ3n) is 3.83. The van der Waals surface area contributed by atoms with Gasteiger partial charge in [0.15, 0.2) is 0 Å². The lowest BCUT2D eigenvalue weighted by molar-refractivity contribution is -0.114. The summed E-state index contributed by atoms with van der Waals surface area (Å²) in [5.41, 5.74) is 5.38. The van der Waals surface area contributed by atoms with Gasteiger partial charge in [-0.1, -0.05) is 36.4 Å². The van der Waals surface area contributed by atoms with Crippen LogP contribution in [0.25, 0.3) is 11.1 Å². The zero-order valence-electron chi connectivity index (χ0n) is 14.7. The fourth-order valence-electron chi connectivity index (χ4n) is 2.56. The highest BCUT2D eigenvalue weighted by molar-refractivity contribution is 5.89. The van der Waals surface area contributed by atoms with Crippen LogP contribution in [0, 0.1) is 0 Å². The summed E-state index contributed by atoms with van der Waals surface area (Å²) < 4.78 is 0. The predicted molar refractivity (Wildman–Crippen MR) is 106 cm³/mol. The van der Waals surface area contributed by atoms with Crippen molar-refractivity contribution in [2.45, 2.75) is 6.92 Å². The van der Waals surface area contributed by atoms with Crippen LogP contribution in [0.4, 0.5) is 22.7 Å². The van der Waals surface area contributed by atoms with Crippen molar-refractivity contribution < 1.29 is 4.79 Å². The molecule has 0 radical (unpaired) electrons. The summed E-state index contributed by atoms with van der Waals surface area (Å²) in [7, 11) is 1.86. The lowest BCUT2D eigenvalue weighted by atomic mass is 10.0. The van der Waals surface area contributed by atoms with Gasteiger partial charge in [0.25, 0.3) is 0 Å². The minimum atomic E-state index is -0.0802. The number of carbonyl (C=O) groups excluding carboxylic acids is 1. The highest BCUT2D eigenvalue weighted by atomic mass is 16.1. The second-order valence-corrected chi connectivity index (χ2v) is 5.78. The van der Waals surface area contributed by atoms with Gasteiger partial charge >= 0.3 is 0 Å². The number of nitrogens with zero attached hydrogens (tertiary/aromatic N) is 2. The molecule has 0 heterocycles. The quantitative estimate of drug-likeness (QED) is 0.577. The topological polar surface area (TPSA) is 65.8 Å². The van der Waals surface area contributed by atoms with E-state index < -0.39 is 0 Å². The summed E-state index contributed by atoms with van der Waals surface area (Å²) in [4.78, 5) is 11.1. The maximum Gasteiger partial charge on any atom is 0.221 e. The Morgan fingerprint density at radius 3 is 2.19 bits per heavy atom. The molecule has 0 spiro atoms. The van der Waals surface area contributed by atoms with E-state index in [2.05, 4.69) is 20.9 Å². The van der Waals surface area contributed by atoms with Gasteiger partial charge in [-0.05, 0) is 47.5 Å². The van der Waals surface area contributed by atoms with E-state index in [0.717, 1.165) is 33.9 Å². The molecule has 0 aliphatic rings.